The molecule has 0 bridgehead atoms. The Balaban J connectivity index is 1.91. The first kappa shape index (κ1) is 18.6. The molecule has 3 N–H and O–H groups in total. The first-order chi connectivity index (χ1) is 11.8. The quantitative estimate of drug-likeness (QED) is 0.725. The van der Waals surface area contributed by atoms with Gasteiger partial charge in [-0.05, 0) is 48.5 Å². The van der Waals surface area contributed by atoms with Crippen molar-refractivity contribution in [3.63, 3.8) is 0 Å². The molecule has 0 radical (unpaired) electrons. The summed E-state index contributed by atoms with van der Waals surface area (Å²) in [6.45, 7) is 0.899. The Kier molecular flexibility index (Phi) is 5.84. The van der Waals surface area contributed by atoms with Gasteiger partial charge >= 0.3 is 0 Å². The summed E-state index contributed by atoms with van der Waals surface area (Å²) in [4.78, 5) is 22.6. The highest BCUT2D eigenvalue weighted by atomic mass is 32.2. The summed E-state index contributed by atoms with van der Waals surface area (Å²) in [5.41, 5.74) is 1.02. The van der Waals surface area contributed by atoms with E-state index in [9.17, 15) is 22.4 Å². The number of rotatable bonds is 6. The fourth-order valence-electron chi connectivity index (χ4n) is 1.90. The van der Waals surface area contributed by atoms with Gasteiger partial charge in [-0.3, -0.25) is 9.59 Å². The van der Waals surface area contributed by atoms with Crippen molar-refractivity contribution in [1.29, 1.82) is 0 Å². The fourth-order valence-corrected chi connectivity index (χ4v) is 2.89. The minimum absolute atomic E-state index is 0.138. The fraction of sp³-hybridized carbons (Fsp3) is 0.125. The second-order valence-electron chi connectivity index (χ2n) is 5.09. The number of nitrogens with one attached hydrogen (secondary N) is 3. The largest absolute Gasteiger partial charge is 0.326 e. The number of hydrogen-bond acceptors (Lipinski definition) is 4. The zero-order valence-electron chi connectivity index (χ0n) is 13.2. The summed E-state index contributed by atoms with van der Waals surface area (Å²) >= 11 is 0. The molecule has 0 atom stereocenters. The molecule has 0 unspecified atom stereocenters. The summed E-state index contributed by atoms with van der Waals surface area (Å²) in [6.07, 6.45) is 0. The van der Waals surface area contributed by atoms with Crippen LogP contribution >= 0.6 is 0 Å². The molecule has 0 heterocycles. The van der Waals surface area contributed by atoms with Crippen molar-refractivity contribution < 1.29 is 22.4 Å². The van der Waals surface area contributed by atoms with Crippen LogP contribution in [0.1, 0.15) is 6.92 Å². The third kappa shape index (κ3) is 5.66. The normalized spacial score (nSPS) is 11.0. The Bertz CT molecular complexity index is 865. The molecule has 0 saturated carbocycles. The van der Waals surface area contributed by atoms with E-state index in [1.54, 1.807) is 24.3 Å². The molecule has 132 valence electrons. The number of amides is 2. The van der Waals surface area contributed by atoms with Crippen molar-refractivity contribution >= 4 is 33.2 Å². The lowest BCUT2D eigenvalue weighted by atomic mass is 10.2. The van der Waals surface area contributed by atoms with Gasteiger partial charge in [0.2, 0.25) is 21.8 Å². The van der Waals surface area contributed by atoms with Crippen LogP contribution < -0.4 is 15.4 Å². The molecule has 0 aliphatic heterocycles. The van der Waals surface area contributed by atoms with Crippen molar-refractivity contribution in [3.8, 4) is 0 Å². The van der Waals surface area contributed by atoms with Crippen molar-refractivity contribution in [2.45, 2.75) is 11.8 Å². The van der Waals surface area contributed by atoms with Crippen LogP contribution in [0.4, 0.5) is 15.8 Å². The maximum atomic E-state index is 12.8. The van der Waals surface area contributed by atoms with E-state index in [2.05, 4.69) is 15.4 Å². The molecular weight excluding hydrogens is 349 g/mol. The molecule has 2 aromatic carbocycles. The van der Waals surface area contributed by atoms with Gasteiger partial charge in [0.25, 0.3) is 0 Å². The van der Waals surface area contributed by atoms with Crippen LogP contribution in [0, 0.1) is 5.82 Å². The third-order valence-corrected chi connectivity index (χ3v) is 4.45. The molecule has 2 rings (SSSR count). The monoisotopic (exact) mass is 365 g/mol. The maximum Gasteiger partial charge on any atom is 0.241 e. The van der Waals surface area contributed by atoms with Crippen molar-refractivity contribution in [1.82, 2.24) is 4.72 Å². The average molecular weight is 365 g/mol. The molecule has 25 heavy (non-hydrogen) atoms. The first-order valence-corrected chi connectivity index (χ1v) is 8.67. The van der Waals surface area contributed by atoms with Crippen LogP contribution in [0.15, 0.2) is 53.4 Å². The SMILES string of the molecule is CC(=O)Nc1ccc(NC(=O)CNS(=O)(=O)c2ccc(F)cc2)cc1. The predicted molar refractivity (Wildman–Crippen MR) is 91.0 cm³/mol. The number of benzene rings is 2. The molecule has 0 aromatic heterocycles. The van der Waals surface area contributed by atoms with Crippen LogP contribution in [-0.4, -0.2) is 26.8 Å². The Morgan fingerprint density at radius 3 is 1.96 bits per heavy atom. The molecule has 0 saturated heterocycles. The Labute approximate surface area is 144 Å². The number of sulfonamides is 1. The highest BCUT2D eigenvalue weighted by Crippen LogP contribution is 2.13. The van der Waals surface area contributed by atoms with Gasteiger partial charge in [0.1, 0.15) is 5.82 Å². The van der Waals surface area contributed by atoms with Crippen LogP contribution in [0.25, 0.3) is 0 Å². The lowest BCUT2D eigenvalue weighted by Crippen LogP contribution is -2.32. The van der Waals surface area contributed by atoms with E-state index in [-0.39, 0.29) is 10.8 Å². The van der Waals surface area contributed by atoms with Gasteiger partial charge in [-0.25, -0.2) is 17.5 Å². The summed E-state index contributed by atoms with van der Waals surface area (Å²) in [5.74, 6) is -1.34. The van der Waals surface area contributed by atoms with Crippen molar-refractivity contribution in [2.75, 3.05) is 17.2 Å². The lowest BCUT2D eigenvalue weighted by molar-refractivity contribution is -0.115. The number of hydrogen-bond donors (Lipinski definition) is 3. The maximum absolute atomic E-state index is 12.8. The summed E-state index contributed by atoms with van der Waals surface area (Å²) < 4.78 is 38.9. The number of carbonyl (C=O) groups excluding carboxylic acids is 2. The Hall–Kier alpha value is -2.78. The molecular formula is C16H16FN3O4S. The number of carbonyl (C=O) groups is 2. The number of anilines is 2. The molecule has 0 aliphatic rings. The van der Waals surface area contributed by atoms with E-state index in [1.165, 1.54) is 6.92 Å². The van der Waals surface area contributed by atoms with Crippen LogP contribution in [0.3, 0.4) is 0 Å². The zero-order chi connectivity index (χ0) is 18.4. The van der Waals surface area contributed by atoms with Crippen molar-refractivity contribution in [2.24, 2.45) is 0 Å². The van der Waals surface area contributed by atoms with Gasteiger partial charge in [0, 0.05) is 18.3 Å². The topological polar surface area (TPSA) is 104 Å². The highest BCUT2D eigenvalue weighted by molar-refractivity contribution is 7.89. The molecule has 7 nitrogen and oxygen atoms in total. The van der Waals surface area contributed by atoms with Crippen LogP contribution in [-0.2, 0) is 19.6 Å². The van der Waals surface area contributed by atoms with E-state index in [1.807, 2.05) is 0 Å². The van der Waals surface area contributed by atoms with E-state index in [4.69, 9.17) is 0 Å². The molecule has 2 aromatic rings. The molecule has 2 amide bonds. The standard InChI is InChI=1S/C16H16FN3O4S/c1-11(21)19-13-4-6-14(7-5-13)20-16(22)10-18-25(23,24)15-8-2-12(17)3-9-15/h2-9,18H,10H2,1H3,(H,19,21)(H,20,22). The number of halogens is 1. The van der Waals surface area contributed by atoms with Gasteiger partial charge in [0.15, 0.2) is 0 Å². The predicted octanol–water partition coefficient (Wildman–Crippen LogP) is 1.70. The lowest BCUT2D eigenvalue weighted by Gasteiger charge is -2.09. The van der Waals surface area contributed by atoms with E-state index in [0.717, 1.165) is 24.3 Å². The minimum atomic E-state index is -3.91. The third-order valence-electron chi connectivity index (χ3n) is 3.04. The van der Waals surface area contributed by atoms with Gasteiger partial charge in [-0.1, -0.05) is 0 Å². The van der Waals surface area contributed by atoms with Gasteiger partial charge in [0.05, 0.1) is 11.4 Å². The van der Waals surface area contributed by atoms with Gasteiger partial charge < -0.3 is 10.6 Å². The zero-order valence-corrected chi connectivity index (χ0v) is 14.1. The minimum Gasteiger partial charge on any atom is -0.326 e. The molecule has 0 aliphatic carbocycles. The van der Waals surface area contributed by atoms with Gasteiger partial charge in [-0.2, -0.15) is 0 Å². The summed E-state index contributed by atoms with van der Waals surface area (Å²) in [5, 5.41) is 5.10. The molecule has 0 spiro atoms. The van der Waals surface area contributed by atoms with E-state index in [0.29, 0.717) is 11.4 Å². The Morgan fingerprint density at radius 1 is 0.920 bits per heavy atom. The van der Waals surface area contributed by atoms with Crippen molar-refractivity contribution in [3.05, 3.63) is 54.3 Å². The molecule has 9 heteroatoms. The Morgan fingerprint density at radius 2 is 1.44 bits per heavy atom. The van der Waals surface area contributed by atoms with Gasteiger partial charge in [-0.15, -0.1) is 0 Å². The summed E-state index contributed by atoms with van der Waals surface area (Å²) in [6, 6.07) is 10.6. The highest BCUT2D eigenvalue weighted by Gasteiger charge is 2.15. The smallest absolute Gasteiger partial charge is 0.241 e. The van der Waals surface area contributed by atoms with Crippen LogP contribution in [0.2, 0.25) is 0 Å². The second kappa shape index (κ2) is 7.86. The second-order valence-corrected chi connectivity index (χ2v) is 6.85. The average Bonchev–Trinajstić information content (AvgIpc) is 2.55. The van der Waals surface area contributed by atoms with E-state index < -0.39 is 28.3 Å². The molecule has 0 fully saturated rings. The van der Waals surface area contributed by atoms with E-state index >= 15 is 0 Å². The first-order valence-electron chi connectivity index (χ1n) is 7.19. The van der Waals surface area contributed by atoms with Crippen LogP contribution in [0.5, 0.6) is 0 Å². The summed E-state index contributed by atoms with van der Waals surface area (Å²) in [7, 11) is -3.91.